The lowest BCUT2D eigenvalue weighted by Gasteiger charge is -2.16. The summed E-state index contributed by atoms with van der Waals surface area (Å²) >= 11 is 0. The molecule has 6 heteroatoms. The van der Waals surface area contributed by atoms with Crippen molar-refractivity contribution in [2.45, 2.75) is 128 Å². The minimum absolute atomic E-state index is 0.0370. The molecule has 29 heavy (non-hydrogen) atoms. The van der Waals surface area contributed by atoms with Gasteiger partial charge in [-0.05, 0) is 25.8 Å². The molecular formula is C23H46N2O4. The number of carbonyl (C=O) groups is 2. The number of hydrogen-bond donors (Lipinski definition) is 4. The maximum atomic E-state index is 11.9. The topological polar surface area (TPSA) is 113 Å². The Balaban J connectivity index is 3.56. The fraction of sp³-hybridized carbons (Fsp3) is 0.913. The summed E-state index contributed by atoms with van der Waals surface area (Å²) in [5.74, 6) is -1.46. The van der Waals surface area contributed by atoms with Gasteiger partial charge in [0.2, 0.25) is 5.91 Å². The molecule has 1 amide bonds. The van der Waals surface area contributed by atoms with Crippen molar-refractivity contribution in [3.8, 4) is 0 Å². The summed E-state index contributed by atoms with van der Waals surface area (Å²) in [6.07, 6.45) is 17.3. The third-order valence-electron chi connectivity index (χ3n) is 5.39. The van der Waals surface area contributed by atoms with Gasteiger partial charge in [0.15, 0.2) is 0 Å². The molecule has 6 nitrogen and oxygen atoms in total. The van der Waals surface area contributed by atoms with Crippen LogP contribution in [0.2, 0.25) is 0 Å². The lowest BCUT2D eigenvalue weighted by atomic mass is 10.0. The molecule has 5 N–H and O–H groups in total. The third-order valence-corrected chi connectivity index (χ3v) is 5.39. The van der Waals surface area contributed by atoms with Crippen LogP contribution in [-0.2, 0) is 9.59 Å². The van der Waals surface area contributed by atoms with E-state index >= 15 is 0 Å². The number of unbranched alkanes of at least 4 members (excludes halogenated alkanes) is 12. The molecule has 0 aromatic heterocycles. The van der Waals surface area contributed by atoms with Gasteiger partial charge in [0.1, 0.15) is 6.04 Å². The van der Waals surface area contributed by atoms with Crippen LogP contribution in [0.25, 0.3) is 0 Å². The highest BCUT2D eigenvalue weighted by molar-refractivity contribution is 5.83. The van der Waals surface area contributed by atoms with Gasteiger partial charge in [-0.2, -0.15) is 0 Å². The van der Waals surface area contributed by atoms with E-state index in [-0.39, 0.29) is 6.42 Å². The number of aliphatic hydroxyl groups excluding tert-OH is 1. The SMILES string of the molecule is CCCCCCCCCCCCCCCC(O)CC(=O)N[C@@H](CCCN)C(=O)O. The second kappa shape index (κ2) is 20.1. The fourth-order valence-electron chi connectivity index (χ4n) is 3.55. The fourth-order valence-corrected chi connectivity index (χ4v) is 3.55. The van der Waals surface area contributed by atoms with Crippen molar-refractivity contribution in [3.63, 3.8) is 0 Å². The molecule has 0 fully saturated rings. The highest BCUT2D eigenvalue weighted by Gasteiger charge is 2.20. The summed E-state index contributed by atoms with van der Waals surface area (Å²) in [6.45, 7) is 2.64. The molecule has 0 heterocycles. The van der Waals surface area contributed by atoms with Gasteiger partial charge >= 0.3 is 5.97 Å². The number of carbonyl (C=O) groups excluding carboxylic acids is 1. The summed E-state index contributed by atoms with van der Waals surface area (Å²) in [7, 11) is 0. The molecule has 172 valence electrons. The third kappa shape index (κ3) is 18.6. The minimum Gasteiger partial charge on any atom is -0.480 e. The van der Waals surface area contributed by atoms with E-state index in [2.05, 4.69) is 12.2 Å². The maximum absolute atomic E-state index is 11.9. The number of nitrogens with two attached hydrogens (primary N) is 1. The number of nitrogens with one attached hydrogen (secondary N) is 1. The Morgan fingerprint density at radius 2 is 1.28 bits per heavy atom. The van der Waals surface area contributed by atoms with Gasteiger partial charge < -0.3 is 21.3 Å². The van der Waals surface area contributed by atoms with Crippen LogP contribution in [0.1, 0.15) is 116 Å². The Morgan fingerprint density at radius 3 is 1.72 bits per heavy atom. The number of amides is 1. The second-order valence-electron chi connectivity index (χ2n) is 8.28. The maximum Gasteiger partial charge on any atom is 0.326 e. The van der Waals surface area contributed by atoms with E-state index in [0.717, 1.165) is 12.8 Å². The van der Waals surface area contributed by atoms with Gasteiger partial charge in [0.05, 0.1) is 12.5 Å². The van der Waals surface area contributed by atoms with Gasteiger partial charge in [-0.15, -0.1) is 0 Å². The summed E-state index contributed by atoms with van der Waals surface area (Å²) in [5, 5.41) is 21.6. The van der Waals surface area contributed by atoms with E-state index in [1.165, 1.54) is 70.6 Å². The van der Waals surface area contributed by atoms with E-state index in [1.807, 2.05) is 0 Å². The smallest absolute Gasteiger partial charge is 0.326 e. The van der Waals surface area contributed by atoms with Crippen LogP contribution in [0.4, 0.5) is 0 Å². The molecule has 0 saturated carbocycles. The molecule has 0 rings (SSSR count). The first-order chi connectivity index (χ1) is 14.0. The largest absolute Gasteiger partial charge is 0.480 e. The summed E-state index contributed by atoms with van der Waals surface area (Å²) in [4.78, 5) is 23.0. The monoisotopic (exact) mass is 414 g/mol. The molecule has 0 radical (unpaired) electrons. The molecule has 0 saturated heterocycles. The molecule has 1 unspecified atom stereocenters. The van der Waals surface area contributed by atoms with Crippen LogP contribution in [0.15, 0.2) is 0 Å². The van der Waals surface area contributed by atoms with Gasteiger partial charge in [-0.3, -0.25) is 4.79 Å². The minimum atomic E-state index is -1.06. The normalized spacial score (nSPS) is 13.2. The number of carboxylic acid groups (broad SMARTS) is 1. The molecule has 0 aliphatic rings. The van der Waals surface area contributed by atoms with Crippen LogP contribution in [0, 0.1) is 0 Å². The number of hydrogen-bond acceptors (Lipinski definition) is 4. The Bertz CT molecular complexity index is 404. The lowest BCUT2D eigenvalue weighted by Crippen LogP contribution is -2.42. The molecule has 0 bridgehead atoms. The van der Waals surface area contributed by atoms with Crippen molar-refractivity contribution in [1.82, 2.24) is 5.32 Å². The zero-order valence-electron chi connectivity index (χ0n) is 18.7. The van der Waals surface area contributed by atoms with Crippen LogP contribution in [0.5, 0.6) is 0 Å². The van der Waals surface area contributed by atoms with Gasteiger partial charge in [-0.25, -0.2) is 4.79 Å². The zero-order valence-corrected chi connectivity index (χ0v) is 18.7. The molecule has 0 aliphatic heterocycles. The molecular weight excluding hydrogens is 368 g/mol. The van der Waals surface area contributed by atoms with Gasteiger partial charge in [-0.1, -0.05) is 90.4 Å². The van der Waals surface area contributed by atoms with E-state index in [9.17, 15) is 14.7 Å². The van der Waals surface area contributed by atoms with Crippen LogP contribution in [-0.4, -0.2) is 40.8 Å². The summed E-state index contributed by atoms with van der Waals surface area (Å²) in [5.41, 5.74) is 5.38. The zero-order chi connectivity index (χ0) is 21.7. The quantitative estimate of drug-likeness (QED) is 0.206. The predicted molar refractivity (Wildman–Crippen MR) is 119 cm³/mol. The Hall–Kier alpha value is -1.14. The van der Waals surface area contributed by atoms with Crippen LogP contribution < -0.4 is 11.1 Å². The van der Waals surface area contributed by atoms with Crippen molar-refractivity contribution in [1.29, 1.82) is 0 Å². The highest BCUT2D eigenvalue weighted by atomic mass is 16.4. The molecule has 0 aliphatic carbocycles. The van der Waals surface area contributed by atoms with E-state index in [0.29, 0.717) is 25.8 Å². The second-order valence-corrected chi connectivity index (χ2v) is 8.28. The van der Waals surface area contributed by atoms with Gasteiger partial charge in [0, 0.05) is 0 Å². The standard InChI is InChI=1S/C23H46N2O4/c1-2-3-4-5-6-7-8-9-10-11-12-13-14-16-20(26)19-22(27)25-21(23(28)29)17-15-18-24/h20-21,26H,2-19,24H2,1H3,(H,25,27)(H,28,29)/t20?,21-/m0/s1. The van der Waals surface area contributed by atoms with Crippen molar-refractivity contribution in [2.24, 2.45) is 5.73 Å². The first-order valence-corrected chi connectivity index (χ1v) is 11.9. The van der Waals surface area contributed by atoms with Crippen molar-refractivity contribution >= 4 is 11.9 Å². The summed E-state index contributed by atoms with van der Waals surface area (Å²) in [6, 6.07) is -0.922. The number of carboxylic acids is 1. The first-order valence-electron chi connectivity index (χ1n) is 11.9. The van der Waals surface area contributed by atoms with Gasteiger partial charge in [0.25, 0.3) is 0 Å². The molecule has 2 atom stereocenters. The van der Waals surface area contributed by atoms with Crippen LogP contribution in [0.3, 0.4) is 0 Å². The van der Waals surface area contributed by atoms with Crippen LogP contribution >= 0.6 is 0 Å². The number of rotatable bonds is 21. The Morgan fingerprint density at radius 1 is 0.793 bits per heavy atom. The van der Waals surface area contributed by atoms with E-state index < -0.39 is 24.0 Å². The average molecular weight is 415 g/mol. The Labute approximate surface area is 178 Å². The lowest BCUT2D eigenvalue weighted by molar-refractivity contribution is -0.142. The molecule has 0 aromatic rings. The van der Waals surface area contributed by atoms with Crippen molar-refractivity contribution < 1.29 is 19.8 Å². The van der Waals surface area contributed by atoms with E-state index in [4.69, 9.17) is 10.8 Å². The van der Waals surface area contributed by atoms with E-state index in [1.54, 1.807) is 0 Å². The number of aliphatic carboxylic acids is 1. The molecule has 0 spiro atoms. The first kappa shape index (κ1) is 27.9. The molecule has 0 aromatic carbocycles. The Kier molecular flexibility index (Phi) is 19.4. The summed E-state index contributed by atoms with van der Waals surface area (Å²) < 4.78 is 0. The van der Waals surface area contributed by atoms with Crippen molar-refractivity contribution in [2.75, 3.05) is 6.54 Å². The highest BCUT2D eigenvalue weighted by Crippen LogP contribution is 2.14. The average Bonchev–Trinajstić information content (AvgIpc) is 2.68. The number of aliphatic hydroxyl groups is 1. The predicted octanol–water partition coefficient (Wildman–Crippen LogP) is 4.53. The van der Waals surface area contributed by atoms with Crippen molar-refractivity contribution in [3.05, 3.63) is 0 Å².